The second kappa shape index (κ2) is 5.91. The van der Waals surface area contributed by atoms with E-state index in [-0.39, 0.29) is 12.5 Å². The lowest BCUT2D eigenvalue weighted by Gasteiger charge is -2.22. The summed E-state index contributed by atoms with van der Waals surface area (Å²) in [6.45, 7) is 2.73. The number of aliphatic hydroxyl groups excluding tert-OH is 1. The zero-order valence-corrected chi connectivity index (χ0v) is 12.4. The van der Waals surface area contributed by atoms with Crippen LogP contribution in [0.4, 0.5) is 0 Å². The molecule has 1 aromatic rings. The van der Waals surface area contributed by atoms with Crippen molar-refractivity contribution < 1.29 is 9.90 Å². The molecule has 0 heterocycles. The average molecular weight is 283 g/mol. The minimum atomic E-state index is -0.160. The van der Waals surface area contributed by atoms with Gasteiger partial charge in [0, 0.05) is 23.7 Å². The van der Waals surface area contributed by atoms with Crippen LogP contribution in [-0.4, -0.2) is 35.1 Å². The molecule has 3 heteroatoms. The fourth-order valence-electron chi connectivity index (χ4n) is 2.65. The molecule has 3 rings (SSSR count). The molecule has 3 nitrogen and oxygen atoms in total. The van der Waals surface area contributed by atoms with Crippen molar-refractivity contribution in [1.29, 1.82) is 0 Å². The lowest BCUT2D eigenvalue weighted by Crippen LogP contribution is -2.35. The normalized spacial score (nSPS) is 17.0. The molecule has 0 unspecified atom stereocenters. The lowest BCUT2D eigenvalue weighted by molar-refractivity contribution is 0.0734. The Labute approximate surface area is 126 Å². The van der Waals surface area contributed by atoms with Crippen LogP contribution in [0.15, 0.2) is 18.2 Å². The number of hydrogen-bond donors (Lipinski definition) is 1. The van der Waals surface area contributed by atoms with Gasteiger partial charge in [-0.3, -0.25) is 4.79 Å². The largest absolute Gasteiger partial charge is 0.384 e. The van der Waals surface area contributed by atoms with Gasteiger partial charge in [0.2, 0.25) is 0 Å². The first-order chi connectivity index (χ1) is 10.2. The highest BCUT2D eigenvalue weighted by molar-refractivity contribution is 5.95. The molecule has 2 aliphatic carbocycles. The molecule has 0 aromatic heterocycles. The van der Waals surface area contributed by atoms with Gasteiger partial charge in [-0.1, -0.05) is 11.8 Å². The number of benzene rings is 1. The smallest absolute Gasteiger partial charge is 0.254 e. The topological polar surface area (TPSA) is 40.5 Å². The average Bonchev–Trinajstić information content (AvgIpc) is 3.34. The quantitative estimate of drug-likeness (QED) is 0.862. The highest BCUT2D eigenvalue weighted by Crippen LogP contribution is 2.35. The van der Waals surface area contributed by atoms with Crippen LogP contribution in [0.2, 0.25) is 0 Å². The number of rotatable bonds is 4. The summed E-state index contributed by atoms with van der Waals surface area (Å²) in [6, 6.07) is 6.18. The zero-order chi connectivity index (χ0) is 14.8. The molecule has 0 bridgehead atoms. The van der Waals surface area contributed by atoms with Gasteiger partial charge in [-0.2, -0.15) is 0 Å². The van der Waals surface area contributed by atoms with Crippen molar-refractivity contribution >= 4 is 5.91 Å². The highest BCUT2D eigenvalue weighted by Gasteiger charge is 2.36. The SMILES string of the molecule is Cc1cc(C#CCO)cc(C(=O)N(CC2CC2)C2CC2)c1. The van der Waals surface area contributed by atoms with Crippen LogP contribution in [0.5, 0.6) is 0 Å². The number of carbonyl (C=O) groups is 1. The molecule has 0 aliphatic heterocycles. The highest BCUT2D eigenvalue weighted by atomic mass is 16.2. The van der Waals surface area contributed by atoms with Crippen LogP contribution < -0.4 is 0 Å². The minimum Gasteiger partial charge on any atom is -0.384 e. The maximum Gasteiger partial charge on any atom is 0.254 e. The fourth-order valence-corrected chi connectivity index (χ4v) is 2.65. The third kappa shape index (κ3) is 3.65. The van der Waals surface area contributed by atoms with Crippen LogP contribution in [0.3, 0.4) is 0 Å². The van der Waals surface area contributed by atoms with E-state index in [1.54, 1.807) is 0 Å². The van der Waals surface area contributed by atoms with Crippen molar-refractivity contribution in [2.24, 2.45) is 5.92 Å². The Morgan fingerprint density at radius 2 is 2.05 bits per heavy atom. The number of aryl methyl sites for hydroxylation is 1. The van der Waals surface area contributed by atoms with Crippen molar-refractivity contribution in [1.82, 2.24) is 4.90 Å². The predicted octanol–water partition coefficient (Wildman–Crippen LogP) is 2.35. The Hall–Kier alpha value is -1.79. The van der Waals surface area contributed by atoms with Crippen molar-refractivity contribution in [3.63, 3.8) is 0 Å². The van der Waals surface area contributed by atoms with Crippen molar-refractivity contribution in [2.45, 2.75) is 38.6 Å². The monoisotopic (exact) mass is 283 g/mol. The molecule has 2 fully saturated rings. The molecule has 2 saturated carbocycles. The summed E-state index contributed by atoms with van der Waals surface area (Å²) < 4.78 is 0. The summed E-state index contributed by atoms with van der Waals surface area (Å²) in [4.78, 5) is 14.9. The molecule has 1 aromatic carbocycles. The first-order valence-electron chi connectivity index (χ1n) is 7.70. The Morgan fingerprint density at radius 3 is 2.67 bits per heavy atom. The van der Waals surface area contributed by atoms with E-state index >= 15 is 0 Å². The van der Waals surface area contributed by atoms with Gasteiger partial charge in [0.25, 0.3) is 5.91 Å². The third-order valence-corrected chi connectivity index (χ3v) is 4.04. The van der Waals surface area contributed by atoms with E-state index in [1.165, 1.54) is 12.8 Å². The number of hydrogen-bond acceptors (Lipinski definition) is 2. The molecule has 0 spiro atoms. The Bertz CT molecular complexity index is 603. The maximum atomic E-state index is 12.8. The molecule has 0 atom stereocenters. The fraction of sp³-hybridized carbons (Fsp3) is 0.500. The molecule has 1 N–H and O–H groups in total. The van der Waals surface area contributed by atoms with Gasteiger partial charge in [-0.05, 0) is 62.3 Å². The van der Waals surface area contributed by atoms with Gasteiger partial charge in [0.15, 0.2) is 0 Å². The van der Waals surface area contributed by atoms with E-state index in [4.69, 9.17) is 5.11 Å². The van der Waals surface area contributed by atoms with Crippen molar-refractivity contribution in [3.8, 4) is 11.8 Å². The summed E-state index contributed by atoms with van der Waals surface area (Å²) in [6.07, 6.45) is 4.80. The number of carbonyl (C=O) groups excluding carboxylic acids is 1. The minimum absolute atomic E-state index is 0.139. The summed E-state index contributed by atoms with van der Waals surface area (Å²) in [7, 11) is 0. The van der Waals surface area contributed by atoms with E-state index < -0.39 is 0 Å². The van der Waals surface area contributed by atoms with Crippen molar-refractivity contribution in [3.05, 3.63) is 34.9 Å². The van der Waals surface area contributed by atoms with Gasteiger partial charge < -0.3 is 10.0 Å². The Kier molecular flexibility index (Phi) is 3.98. The zero-order valence-electron chi connectivity index (χ0n) is 12.4. The van der Waals surface area contributed by atoms with Gasteiger partial charge in [-0.15, -0.1) is 0 Å². The van der Waals surface area contributed by atoms with Gasteiger partial charge >= 0.3 is 0 Å². The van der Waals surface area contributed by atoms with Gasteiger partial charge in [0.05, 0.1) is 0 Å². The summed E-state index contributed by atoms with van der Waals surface area (Å²) >= 11 is 0. The number of aliphatic hydroxyl groups is 1. The number of amides is 1. The van der Waals surface area contributed by atoms with Crippen LogP contribution in [0.25, 0.3) is 0 Å². The summed E-state index contributed by atoms with van der Waals surface area (Å²) in [5.41, 5.74) is 2.56. The van der Waals surface area contributed by atoms with E-state index in [2.05, 4.69) is 16.7 Å². The van der Waals surface area contributed by atoms with Crippen LogP contribution in [-0.2, 0) is 0 Å². The summed E-state index contributed by atoms with van der Waals surface area (Å²) in [5, 5.41) is 8.80. The van der Waals surface area contributed by atoms with Crippen LogP contribution in [0.1, 0.15) is 47.2 Å². The third-order valence-electron chi connectivity index (χ3n) is 4.04. The van der Waals surface area contributed by atoms with Gasteiger partial charge in [-0.25, -0.2) is 0 Å². The first-order valence-corrected chi connectivity index (χ1v) is 7.70. The molecule has 2 aliphatic rings. The van der Waals surface area contributed by atoms with E-state index in [1.807, 2.05) is 25.1 Å². The second-order valence-corrected chi connectivity index (χ2v) is 6.18. The molecular weight excluding hydrogens is 262 g/mol. The molecule has 0 radical (unpaired) electrons. The predicted molar refractivity (Wildman–Crippen MR) is 81.9 cm³/mol. The Morgan fingerprint density at radius 1 is 1.29 bits per heavy atom. The molecular formula is C18H21NO2. The maximum absolute atomic E-state index is 12.8. The molecule has 21 heavy (non-hydrogen) atoms. The lowest BCUT2D eigenvalue weighted by atomic mass is 10.1. The second-order valence-electron chi connectivity index (χ2n) is 6.18. The standard InChI is InChI=1S/C18H21NO2/c1-13-9-15(3-2-8-20)11-16(10-13)18(21)19(17-6-7-17)12-14-4-5-14/h9-11,14,17,20H,4-8,12H2,1H3. The molecule has 110 valence electrons. The number of nitrogens with zero attached hydrogens (tertiary/aromatic N) is 1. The van der Waals surface area contributed by atoms with Gasteiger partial charge in [0.1, 0.15) is 6.61 Å². The summed E-state index contributed by atoms with van der Waals surface area (Å²) in [5.74, 6) is 6.40. The molecule has 1 amide bonds. The first kappa shape index (κ1) is 14.2. The molecule has 0 saturated heterocycles. The van der Waals surface area contributed by atoms with Crippen LogP contribution >= 0.6 is 0 Å². The van der Waals surface area contributed by atoms with Crippen molar-refractivity contribution in [2.75, 3.05) is 13.2 Å². The van der Waals surface area contributed by atoms with Crippen LogP contribution in [0, 0.1) is 24.7 Å². The van der Waals surface area contributed by atoms with E-state index in [0.717, 1.165) is 36.1 Å². The van der Waals surface area contributed by atoms with E-state index in [0.29, 0.717) is 12.0 Å². The van der Waals surface area contributed by atoms with E-state index in [9.17, 15) is 4.79 Å². The Balaban J connectivity index is 1.83.